The highest BCUT2D eigenvalue weighted by molar-refractivity contribution is 5.76. The zero-order valence-corrected chi connectivity index (χ0v) is 34.4. The first-order valence-corrected chi connectivity index (χ1v) is 21.9. The molecule has 0 saturated carbocycles. The lowest BCUT2D eigenvalue weighted by molar-refractivity contribution is -0.359. The number of rotatable bonds is 32. The monoisotopic (exact) mass is 806 g/mol. The Morgan fingerprint density at radius 2 is 1.11 bits per heavy atom. The van der Waals surface area contributed by atoms with E-state index in [1.807, 2.05) is 13.0 Å². The van der Waals surface area contributed by atoms with E-state index in [1.165, 1.54) is 96.3 Å². The molecule has 0 aromatic heterocycles. The fraction of sp³-hybridized carbons (Fsp3) is 0.929. The molecule has 14 nitrogen and oxygen atoms in total. The summed E-state index contributed by atoms with van der Waals surface area (Å²) in [7, 11) is 0. The van der Waals surface area contributed by atoms with Crippen molar-refractivity contribution >= 4 is 5.91 Å². The van der Waals surface area contributed by atoms with E-state index < -0.39 is 86.8 Å². The zero-order chi connectivity index (χ0) is 41.1. The summed E-state index contributed by atoms with van der Waals surface area (Å²) >= 11 is 0. The molecular formula is C42H79NO13. The molecule has 330 valence electrons. The van der Waals surface area contributed by atoms with Crippen molar-refractivity contribution < 1.29 is 64.6 Å². The summed E-state index contributed by atoms with van der Waals surface area (Å²) in [5.74, 6) is -0.265. The van der Waals surface area contributed by atoms with Crippen molar-refractivity contribution in [2.45, 2.75) is 229 Å². The Morgan fingerprint density at radius 1 is 0.625 bits per heavy atom. The number of unbranched alkanes of at least 4 members (excludes halogenated alkanes) is 19. The van der Waals surface area contributed by atoms with Gasteiger partial charge in [-0.05, 0) is 19.3 Å². The van der Waals surface area contributed by atoms with Crippen LogP contribution in [0.4, 0.5) is 0 Å². The molecule has 1 amide bonds. The van der Waals surface area contributed by atoms with E-state index in [2.05, 4.69) is 12.2 Å². The van der Waals surface area contributed by atoms with Crippen molar-refractivity contribution in [1.82, 2.24) is 5.32 Å². The van der Waals surface area contributed by atoms with Crippen LogP contribution in [0.2, 0.25) is 0 Å². The maximum absolute atomic E-state index is 12.7. The van der Waals surface area contributed by atoms with Gasteiger partial charge in [-0.1, -0.05) is 142 Å². The van der Waals surface area contributed by atoms with E-state index in [0.717, 1.165) is 32.1 Å². The molecule has 2 saturated heterocycles. The lowest BCUT2D eigenvalue weighted by Crippen LogP contribution is -2.65. The topological polar surface area (TPSA) is 228 Å². The molecule has 12 unspecified atom stereocenters. The Hall–Kier alpha value is -1.27. The standard InChI is InChI=1S/C42H79NO13/c1-3-5-7-8-9-10-11-12-13-14-15-16-17-18-19-20-21-22-24-25-31(46)30(43-34(47)26-23-6-4-2)29-53-41-39(52)37(50)40(33(28-45)55-41)56-42-38(51)36(49)35(48)32(27-44)54-42/h24-25,30-33,35-42,44-46,48-52H,3-23,26-29H2,1-2H3,(H,43,47)/b25-24+. The molecular weight excluding hydrogens is 726 g/mol. The van der Waals surface area contributed by atoms with E-state index in [9.17, 15) is 45.6 Å². The van der Waals surface area contributed by atoms with Gasteiger partial charge in [-0.3, -0.25) is 4.79 Å². The summed E-state index contributed by atoms with van der Waals surface area (Å²) in [6.45, 7) is 2.58. The van der Waals surface area contributed by atoms with Gasteiger partial charge in [-0.15, -0.1) is 0 Å². The van der Waals surface area contributed by atoms with E-state index in [1.54, 1.807) is 6.08 Å². The van der Waals surface area contributed by atoms with E-state index >= 15 is 0 Å². The van der Waals surface area contributed by atoms with Crippen LogP contribution in [0.3, 0.4) is 0 Å². The quantitative estimate of drug-likeness (QED) is 0.0350. The summed E-state index contributed by atoms with van der Waals surface area (Å²) in [6.07, 6.45) is 12.2. The lowest BCUT2D eigenvalue weighted by atomic mass is 9.97. The van der Waals surface area contributed by atoms with Gasteiger partial charge in [-0.25, -0.2) is 0 Å². The number of aliphatic hydroxyl groups excluding tert-OH is 8. The molecule has 0 aliphatic carbocycles. The summed E-state index contributed by atoms with van der Waals surface area (Å²) in [6, 6.07) is -0.903. The van der Waals surface area contributed by atoms with Gasteiger partial charge in [0.1, 0.15) is 48.8 Å². The number of amides is 1. The minimum Gasteiger partial charge on any atom is -0.394 e. The van der Waals surface area contributed by atoms with Gasteiger partial charge in [0.05, 0.1) is 32.0 Å². The average Bonchev–Trinajstić information content (AvgIpc) is 3.19. The molecule has 0 aromatic rings. The highest BCUT2D eigenvalue weighted by atomic mass is 16.7. The summed E-state index contributed by atoms with van der Waals surface area (Å²) in [5.41, 5.74) is 0. The second kappa shape index (κ2) is 30.7. The molecule has 9 N–H and O–H groups in total. The second-order valence-electron chi connectivity index (χ2n) is 15.8. The van der Waals surface area contributed by atoms with Crippen molar-refractivity contribution in [1.29, 1.82) is 0 Å². The molecule has 0 aromatic carbocycles. The Kier molecular flexibility index (Phi) is 27.9. The maximum atomic E-state index is 12.7. The zero-order valence-electron chi connectivity index (χ0n) is 34.4. The van der Waals surface area contributed by atoms with Crippen LogP contribution in [0.15, 0.2) is 12.2 Å². The Balaban J connectivity index is 1.78. The van der Waals surface area contributed by atoms with Crippen LogP contribution in [0, 0.1) is 0 Å². The first-order chi connectivity index (χ1) is 27.1. The van der Waals surface area contributed by atoms with Crippen LogP contribution in [-0.4, -0.2) is 140 Å². The van der Waals surface area contributed by atoms with Crippen LogP contribution in [0.25, 0.3) is 0 Å². The summed E-state index contributed by atoms with van der Waals surface area (Å²) in [4.78, 5) is 12.7. The third-order valence-corrected chi connectivity index (χ3v) is 11.0. The van der Waals surface area contributed by atoms with Crippen molar-refractivity contribution in [3.05, 3.63) is 12.2 Å². The summed E-state index contributed by atoms with van der Waals surface area (Å²) in [5, 5.41) is 85.8. The average molecular weight is 806 g/mol. The molecule has 2 aliphatic heterocycles. The Morgan fingerprint density at radius 3 is 1.64 bits per heavy atom. The molecule has 14 heteroatoms. The van der Waals surface area contributed by atoms with Gasteiger partial charge in [0, 0.05) is 6.42 Å². The predicted molar refractivity (Wildman–Crippen MR) is 212 cm³/mol. The van der Waals surface area contributed by atoms with E-state index in [-0.39, 0.29) is 18.9 Å². The fourth-order valence-corrected chi connectivity index (χ4v) is 7.29. The van der Waals surface area contributed by atoms with Gasteiger partial charge >= 0.3 is 0 Å². The van der Waals surface area contributed by atoms with Gasteiger partial charge in [0.15, 0.2) is 12.6 Å². The largest absolute Gasteiger partial charge is 0.394 e. The first kappa shape index (κ1) is 50.9. The SMILES string of the molecule is CCCCCCCCCCCCCCCCCCC/C=C/C(O)C(COC1OC(CO)C(OC2OC(CO)C(O)C(O)C2O)C(O)C1O)NC(=O)CCCCC. The minimum absolute atomic E-state index is 0.265. The molecule has 2 rings (SSSR count). The van der Waals surface area contributed by atoms with Crippen molar-refractivity contribution in [2.24, 2.45) is 0 Å². The van der Waals surface area contributed by atoms with Gasteiger partial charge in [-0.2, -0.15) is 0 Å². The maximum Gasteiger partial charge on any atom is 0.220 e. The fourth-order valence-electron chi connectivity index (χ4n) is 7.29. The predicted octanol–water partition coefficient (Wildman–Crippen LogP) is 3.65. The van der Waals surface area contributed by atoms with E-state index in [0.29, 0.717) is 6.42 Å². The number of carbonyl (C=O) groups excluding carboxylic acids is 1. The number of hydrogen-bond acceptors (Lipinski definition) is 13. The normalized spacial score (nSPS) is 29.5. The molecule has 0 radical (unpaired) electrons. The number of nitrogens with one attached hydrogen (secondary N) is 1. The van der Waals surface area contributed by atoms with Gasteiger partial charge in [0.2, 0.25) is 5.91 Å². The van der Waals surface area contributed by atoms with E-state index in [4.69, 9.17) is 18.9 Å². The van der Waals surface area contributed by atoms with Crippen LogP contribution in [0.5, 0.6) is 0 Å². The highest BCUT2D eigenvalue weighted by Gasteiger charge is 2.50. The first-order valence-electron chi connectivity index (χ1n) is 21.9. The third kappa shape index (κ3) is 19.2. The van der Waals surface area contributed by atoms with Gasteiger partial charge in [0.25, 0.3) is 0 Å². The van der Waals surface area contributed by atoms with Crippen LogP contribution < -0.4 is 5.32 Å². The van der Waals surface area contributed by atoms with Crippen LogP contribution >= 0.6 is 0 Å². The Labute approximate surface area is 336 Å². The number of aliphatic hydroxyl groups is 8. The van der Waals surface area contributed by atoms with Crippen molar-refractivity contribution in [3.63, 3.8) is 0 Å². The minimum atomic E-state index is -1.78. The molecule has 2 aliphatic rings. The molecule has 56 heavy (non-hydrogen) atoms. The van der Waals surface area contributed by atoms with Crippen molar-refractivity contribution in [2.75, 3.05) is 19.8 Å². The smallest absolute Gasteiger partial charge is 0.220 e. The third-order valence-electron chi connectivity index (χ3n) is 11.0. The molecule has 0 spiro atoms. The molecule has 2 heterocycles. The van der Waals surface area contributed by atoms with Crippen LogP contribution in [0.1, 0.15) is 155 Å². The number of hydrogen-bond donors (Lipinski definition) is 9. The number of allylic oxidation sites excluding steroid dienone is 1. The molecule has 2 fully saturated rings. The number of carbonyl (C=O) groups is 1. The van der Waals surface area contributed by atoms with Gasteiger partial charge < -0.3 is 65.1 Å². The highest BCUT2D eigenvalue weighted by Crippen LogP contribution is 2.30. The second-order valence-corrected chi connectivity index (χ2v) is 15.8. The van der Waals surface area contributed by atoms with Crippen molar-refractivity contribution in [3.8, 4) is 0 Å². The molecule has 12 atom stereocenters. The number of ether oxygens (including phenoxy) is 4. The lowest BCUT2D eigenvalue weighted by Gasteiger charge is -2.46. The Bertz CT molecular complexity index is 1000. The summed E-state index contributed by atoms with van der Waals surface area (Å²) < 4.78 is 22.4. The van der Waals surface area contributed by atoms with Crippen LogP contribution in [-0.2, 0) is 23.7 Å². The molecule has 0 bridgehead atoms.